The molecule has 130 valence electrons. The molecule has 2 N–H and O–H groups in total. The van der Waals surface area contributed by atoms with Crippen LogP contribution in [0.15, 0.2) is 84.9 Å². The summed E-state index contributed by atoms with van der Waals surface area (Å²) in [6.45, 7) is 1.56. The zero-order valence-corrected chi connectivity index (χ0v) is 14.6. The summed E-state index contributed by atoms with van der Waals surface area (Å²) in [4.78, 5) is 12.8. The van der Waals surface area contributed by atoms with Crippen molar-refractivity contribution in [2.75, 3.05) is 18.4 Å². The summed E-state index contributed by atoms with van der Waals surface area (Å²) in [5, 5.41) is 6.44. The Labute approximate surface area is 154 Å². The van der Waals surface area contributed by atoms with Gasteiger partial charge in [-0.2, -0.15) is 0 Å². The van der Waals surface area contributed by atoms with Crippen LogP contribution in [0.2, 0.25) is 0 Å². The summed E-state index contributed by atoms with van der Waals surface area (Å²) in [6, 6.07) is 28.6. The van der Waals surface area contributed by atoms with Crippen LogP contribution < -0.4 is 10.6 Å². The molecule has 3 nitrogen and oxygen atoms in total. The molecular formula is C23H22N2O. The van der Waals surface area contributed by atoms with Crippen LogP contribution >= 0.6 is 0 Å². The van der Waals surface area contributed by atoms with E-state index in [1.54, 1.807) is 0 Å². The smallest absolute Gasteiger partial charge is 0.229 e. The van der Waals surface area contributed by atoms with E-state index in [0.29, 0.717) is 6.54 Å². The van der Waals surface area contributed by atoms with Gasteiger partial charge in [-0.1, -0.05) is 72.8 Å². The number of benzene rings is 3. The fraction of sp³-hybridized carbons (Fsp3) is 0.174. The molecule has 26 heavy (non-hydrogen) atoms. The summed E-state index contributed by atoms with van der Waals surface area (Å²) < 4.78 is 0. The highest BCUT2D eigenvalue weighted by Gasteiger charge is 2.33. The van der Waals surface area contributed by atoms with Crippen LogP contribution in [0.25, 0.3) is 11.1 Å². The largest absolute Gasteiger partial charge is 0.326 e. The van der Waals surface area contributed by atoms with E-state index in [9.17, 15) is 4.79 Å². The summed E-state index contributed by atoms with van der Waals surface area (Å²) in [6.07, 6.45) is 0. The third-order valence-electron chi connectivity index (χ3n) is 5.04. The Morgan fingerprint density at radius 1 is 0.769 bits per heavy atom. The van der Waals surface area contributed by atoms with Gasteiger partial charge in [0.15, 0.2) is 0 Å². The van der Waals surface area contributed by atoms with Gasteiger partial charge in [0.1, 0.15) is 0 Å². The number of anilines is 1. The molecule has 0 aliphatic carbocycles. The highest BCUT2D eigenvalue weighted by Crippen LogP contribution is 2.29. The van der Waals surface area contributed by atoms with Gasteiger partial charge in [0, 0.05) is 24.7 Å². The Morgan fingerprint density at radius 3 is 2.08 bits per heavy atom. The van der Waals surface area contributed by atoms with E-state index in [0.717, 1.165) is 17.8 Å². The highest BCUT2D eigenvalue weighted by atomic mass is 16.1. The highest BCUT2D eigenvalue weighted by molar-refractivity contribution is 5.94. The van der Waals surface area contributed by atoms with Gasteiger partial charge in [-0.3, -0.25) is 4.79 Å². The average Bonchev–Trinajstić information content (AvgIpc) is 3.20. The van der Waals surface area contributed by atoms with Crippen molar-refractivity contribution < 1.29 is 4.79 Å². The van der Waals surface area contributed by atoms with E-state index in [1.165, 1.54) is 11.1 Å². The first-order valence-electron chi connectivity index (χ1n) is 9.03. The van der Waals surface area contributed by atoms with Crippen LogP contribution in [0, 0.1) is 5.92 Å². The van der Waals surface area contributed by atoms with Crippen LogP contribution in [0.4, 0.5) is 5.69 Å². The first kappa shape index (κ1) is 16.6. The van der Waals surface area contributed by atoms with Crippen molar-refractivity contribution >= 4 is 11.6 Å². The zero-order chi connectivity index (χ0) is 17.8. The Kier molecular flexibility index (Phi) is 4.80. The summed E-state index contributed by atoms with van der Waals surface area (Å²) in [7, 11) is 0. The van der Waals surface area contributed by atoms with Crippen molar-refractivity contribution in [3.63, 3.8) is 0 Å². The molecule has 1 saturated heterocycles. The van der Waals surface area contributed by atoms with Gasteiger partial charge in [-0.25, -0.2) is 0 Å². The number of carbonyl (C=O) groups is 1. The Balaban J connectivity index is 1.46. The predicted octanol–water partition coefficient (Wildman–Crippen LogP) is 4.30. The summed E-state index contributed by atoms with van der Waals surface area (Å²) in [5.41, 5.74) is 4.38. The van der Waals surface area contributed by atoms with Gasteiger partial charge in [0.05, 0.1) is 5.92 Å². The van der Waals surface area contributed by atoms with Gasteiger partial charge in [-0.05, 0) is 28.8 Å². The molecule has 0 radical (unpaired) electrons. The number of amides is 1. The summed E-state index contributed by atoms with van der Waals surface area (Å²) >= 11 is 0. The minimum Gasteiger partial charge on any atom is -0.326 e. The van der Waals surface area contributed by atoms with Crippen molar-refractivity contribution in [2.24, 2.45) is 5.92 Å². The van der Waals surface area contributed by atoms with Crippen molar-refractivity contribution in [3.8, 4) is 11.1 Å². The molecule has 0 spiro atoms. The summed E-state index contributed by atoms with van der Waals surface area (Å²) in [5.74, 6) is 0.252. The number of nitrogens with one attached hydrogen (secondary N) is 2. The topological polar surface area (TPSA) is 41.1 Å². The third-order valence-corrected chi connectivity index (χ3v) is 5.04. The molecule has 1 aliphatic rings. The van der Waals surface area contributed by atoms with E-state index in [-0.39, 0.29) is 17.7 Å². The molecule has 0 aromatic heterocycles. The molecular weight excluding hydrogens is 320 g/mol. The third kappa shape index (κ3) is 3.53. The first-order valence-corrected chi connectivity index (χ1v) is 9.03. The SMILES string of the molecule is O=C(Nc1ccc(-c2ccccc2)cc1)[C@H]1CNC[C@@H]1c1ccccc1. The van der Waals surface area contributed by atoms with E-state index in [2.05, 4.69) is 34.9 Å². The second kappa shape index (κ2) is 7.54. The van der Waals surface area contributed by atoms with Gasteiger partial charge in [-0.15, -0.1) is 0 Å². The van der Waals surface area contributed by atoms with Gasteiger partial charge < -0.3 is 10.6 Å². The fourth-order valence-electron chi connectivity index (χ4n) is 3.62. The van der Waals surface area contributed by atoms with E-state index in [4.69, 9.17) is 0 Å². The molecule has 3 aromatic carbocycles. The predicted molar refractivity (Wildman–Crippen MR) is 106 cm³/mol. The molecule has 3 aromatic rings. The molecule has 2 atom stereocenters. The molecule has 1 heterocycles. The molecule has 1 amide bonds. The van der Waals surface area contributed by atoms with Crippen LogP contribution in [0.3, 0.4) is 0 Å². The van der Waals surface area contributed by atoms with Crippen LogP contribution in [0.1, 0.15) is 11.5 Å². The monoisotopic (exact) mass is 342 g/mol. The lowest BCUT2D eigenvalue weighted by atomic mass is 9.88. The number of hydrogen-bond acceptors (Lipinski definition) is 2. The Hall–Kier alpha value is -2.91. The zero-order valence-electron chi connectivity index (χ0n) is 14.6. The van der Waals surface area contributed by atoms with E-state index >= 15 is 0 Å². The maximum Gasteiger partial charge on any atom is 0.229 e. The Morgan fingerprint density at radius 2 is 1.38 bits per heavy atom. The molecule has 1 aliphatic heterocycles. The second-order valence-corrected chi connectivity index (χ2v) is 6.71. The normalized spacial score (nSPS) is 19.2. The minimum absolute atomic E-state index is 0.0498. The lowest BCUT2D eigenvalue weighted by molar-refractivity contribution is -0.119. The fourth-order valence-corrected chi connectivity index (χ4v) is 3.62. The van der Waals surface area contributed by atoms with E-state index in [1.807, 2.05) is 60.7 Å². The van der Waals surface area contributed by atoms with Crippen molar-refractivity contribution in [3.05, 3.63) is 90.5 Å². The minimum atomic E-state index is -0.0498. The second-order valence-electron chi connectivity index (χ2n) is 6.71. The van der Waals surface area contributed by atoms with Crippen molar-refractivity contribution in [1.82, 2.24) is 5.32 Å². The van der Waals surface area contributed by atoms with Crippen molar-refractivity contribution in [1.29, 1.82) is 0 Å². The van der Waals surface area contributed by atoms with Crippen molar-refractivity contribution in [2.45, 2.75) is 5.92 Å². The molecule has 3 heteroatoms. The molecule has 4 rings (SSSR count). The van der Waals surface area contributed by atoms with Gasteiger partial charge in [0.2, 0.25) is 5.91 Å². The average molecular weight is 342 g/mol. The standard InChI is InChI=1S/C23H22N2O/c26-23(22-16-24-15-21(22)19-9-5-2-6-10-19)25-20-13-11-18(12-14-20)17-7-3-1-4-8-17/h1-14,21-22,24H,15-16H2,(H,25,26)/t21-,22+/m1/s1. The van der Waals surface area contributed by atoms with Crippen LogP contribution in [-0.4, -0.2) is 19.0 Å². The maximum absolute atomic E-state index is 12.8. The first-order chi connectivity index (χ1) is 12.8. The number of carbonyl (C=O) groups excluding carboxylic acids is 1. The maximum atomic E-state index is 12.8. The number of rotatable bonds is 4. The number of hydrogen-bond donors (Lipinski definition) is 2. The molecule has 0 unspecified atom stereocenters. The lowest BCUT2D eigenvalue weighted by Gasteiger charge is -2.18. The Bertz CT molecular complexity index is 860. The molecule has 0 bridgehead atoms. The molecule has 1 fully saturated rings. The van der Waals surface area contributed by atoms with Gasteiger partial charge >= 0.3 is 0 Å². The van der Waals surface area contributed by atoms with Crippen LogP contribution in [-0.2, 0) is 4.79 Å². The van der Waals surface area contributed by atoms with E-state index < -0.39 is 0 Å². The lowest BCUT2D eigenvalue weighted by Crippen LogP contribution is -2.28. The van der Waals surface area contributed by atoms with Crippen LogP contribution in [0.5, 0.6) is 0 Å². The molecule has 0 saturated carbocycles. The van der Waals surface area contributed by atoms with Gasteiger partial charge in [0.25, 0.3) is 0 Å². The quantitative estimate of drug-likeness (QED) is 0.742.